The van der Waals surface area contributed by atoms with Gasteiger partial charge in [0.15, 0.2) is 5.13 Å². The molecule has 0 unspecified atom stereocenters. The number of hydrogen-bond donors (Lipinski definition) is 2. The van der Waals surface area contributed by atoms with Crippen molar-refractivity contribution in [1.82, 2.24) is 15.3 Å². The number of nitrogens with one attached hydrogen (secondary N) is 2. The van der Waals surface area contributed by atoms with Crippen LogP contribution in [0.2, 0.25) is 0 Å². The molecule has 0 aliphatic heterocycles. The highest BCUT2D eigenvalue weighted by Gasteiger charge is 2.11. The van der Waals surface area contributed by atoms with Crippen molar-refractivity contribution in [2.75, 3.05) is 11.9 Å². The van der Waals surface area contributed by atoms with Gasteiger partial charge in [0.25, 0.3) is 5.91 Å². The van der Waals surface area contributed by atoms with Gasteiger partial charge in [-0.3, -0.25) is 4.79 Å². The second kappa shape index (κ2) is 8.47. The van der Waals surface area contributed by atoms with E-state index in [1.807, 2.05) is 49.4 Å². The fourth-order valence-electron chi connectivity index (χ4n) is 2.15. The van der Waals surface area contributed by atoms with Crippen LogP contribution >= 0.6 is 23.1 Å². The molecule has 6 nitrogen and oxygen atoms in total. The Hall–Kier alpha value is -2.89. The van der Waals surface area contributed by atoms with E-state index in [0.29, 0.717) is 5.56 Å². The molecule has 0 aliphatic carbocycles. The lowest BCUT2D eigenvalue weighted by molar-refractivity contribution is 0.0957. The summed E-state index contributed by atoms with van der Waals surface area (Å²) in [7, 11) is 0. The molecule has 2 N–H and O–H groups in total. The molecule has 0 saturated heterocycles. The van der Waals surface area contributed by atoms with Crippen LogP contribution in [0.25, 0.3) is 0 Å². The highest BCUT2D eigenvalue weighted by Crippen LogP contribution is 2.35. The number of benzene rings is 1. The van der Waals surface area contributed by atoms with Crippen molar-refractivity contribution >= 4 is 40.0 Å². The van der Waals surface area contributed by atoms with Gasteiger partial charge in [-0.1, -0.05) is 35.2 Å². The molecular weight excluding hydrogens is 366 g/mol. The van der Waals surface area contributed by atoms with Crippen LogP contribution in [0.3, 0.4) is 0 Å². The van der Waals surface area contributed by atoms with Gasteiger partial charge in [-0.25, -0.2) is 9.97 Å². The minimum Gasteiger partial charge on any atom is -0.339 e. The predicted molar refractivity (Wildman–Crippen MR) is 103 cm³/mol. The highest BCUT2D eigenvalue weighted by atomic mass is 32.2. The Bertz CT molecular complexity index is 950. The summed E-state index contributed by atoms with van der Waals surface area (Å²) in [6, 6.07) is 13.2. The maximum atomic E-state index is 12.1. The van der Waals surface area contributed by atoms with Crippen molar-refractivity contribution in [3.8, 4) is 6.07 Å². The number of aromatic nitrogens is 2. The summed E-state index contributed by atoms with van der Waals surface area (Å²) in [5.74, 6) is 0.499. The molecule has 1 aromatic carbocycles. The average Bonchev–Trinajstić information content (AvgIpc) is 3.09. The number of pyridine rings is 1. The molecule has 8 heteroatoms. The number of anilines is 2. The summed E-state index contributed by atoms with van der Waals surface area (Å²) in [6.45, 7) is 1.87. The number of carbonyl (C=O) groups is 1. The van der Waals surface area contributed by atoms with Gasteiger partial charge >= 0.3 is 0 Å². The minimum absolute atomic E-state index is 0.00691. The Morgan fingerprint density at radius 2 is 2.19 bits per heavy atom. The molecule has 3 rings (SSSR count). The SMILES string of the molecule is Cc1ccc(Sc2cnc(Nc3ccccn3)s2)cc1C(=O)NCC#N. The van der Waals surface area contributed by atoms with Crippen LogP contribution in [0, 0.1) is 18.3 Å². The van der Waals surface area contributed by atoms with Gasteiger partial charge in [0.05, 0.1) is 16.5 Å². The van der Waals surface area contributed by atoms with E-state index in [9.17, 15) is 4.79 Å². The number of aryl methyl sites for hydroxylation is 1. The van der Waals surface area contributed by atoms with Crippen molar-refractivity contribution in [3.05, 3.63) is 59.9 Å². The molecule has 0 radical (unpaired) electrons. The van der Waals surface area contributed by atoms with Gasteiger partial charge in [0.1, 0.15) is 12.4 Å². The monoisotopic (exact) mass is 381 g/mol. The average molecular weight is 381 g/mol. The molecule has 0 bridgehead atoms. The maximum Gasteiger partial charge on any atom is 0.252 e. The van der Waals surface area contributed by atoms with Gasteiger partial charge in [-0.2, -0.15) is 5.26 Å². The van der Waals surface area contributed by atoms with Crippen molar-refractivity contribution in [2.24, 2.45) is 0 Å². The van der Waals surface area contributed by atoms with Crippen LogP contribution in [0.15, 0.2) is 57.9 Å². The first-order chi connectivity index (χ1) is 12.7. The van der Waals surface area contributed by atoms with Crippen molar-refractivity contribution < 1.29 is 4.79 Å². The van der Waals surface area contributed by atoms with Gasteiger partial charge in [-0.05, 0) is 36.8 Å². The van der Waals surface area contributed by atoms with E-state index in [0.717, 1.165) is 25.6 Å². The fraction of sp³-hybridized carbons (Fsp3) is 0.111. The zero-order chi connectivity index (χ0) is 18.4. The van der Waals surface area contributed by atoms with E-state index in [2.05, 4.69) is 20.6 Å². The second-order valence-electron chi connectivity index (χ2n) is 5.24. The summed E-state index contributed by atoms with van der Waals surface area (Å²) in [4.78, 5) is 21.6. The summed E-state index contributed by atoms with van der Waals surface area (Å²) in [5, 5.41) is 15.1. The lowest BCUT2D eigenvalue weighted by Crippen LogP contribution is -2.24. The lowest BCUT2D eigenvalue weighted by Gasteiger charge is -2.07. The molecular formula is C18H15N5OS2. The first kappa shape index (κ1) is 17.9. The normalized spacial score (nSPS) is 10.2. The number of amides is 1. The Morgan fingerprint density at radius 3 is 2.96 bits per heavy atom. The standard InChI is InChI=1S/C18H15N5OS2/c1-12-5-6-13(10-14(12)17(24)21-9-7-19)25-16-11-22-18(26-16)23-15-4-2-3-8-20-15/h2-6,8,10-11H,9H2,1H3,(H,21,24)(H,20,22,23). The van der Waals surface area contributed by atoms with Crippen LogP contribution in [-0.2, 0) is 0 Å². The zero-order valence-corrected chi connectivity index (χ0v) is 15.5. The third-order valence-electron chi connectivity index (χ3n) is 3.38. The number of nitrogens with zero attached hydrogens (tertiary/aromatic N) is 3. The molecule has 0 atom stereocenters. The third-order valence-corrected chi connectivity index (χ3v) is 5.39. The molecule has 0 fully saturated rings. The molecule has 130 valence electrons. The summed E-state index contributed by atoms with van der Waals surface area (Å²) in [6.07, 6.45) is 3.51. The predicted octanol–water partition coefficient (Wildman–Crippen LogP) is 3.99. The largest absolute Gasteiger partial charge is 0.339 e. The minimum atomic E-state index is -0.242. The third kappa shape index (κ3) is 4.59. The van der Waals surface area contributed by atoms with Gasteiger partial charge in [-0.15, -0.1) is 0 Å². The van der Waals surface area contributed by atoms with E-state index in [-0.39, 0.29) is 12.5 Å². The quantitative estimate of drug-likeness (QED) is 0.627. The molecule has 3 aromatic rings. The fourth-order valence-corrected chi connectivity index (χ4v) is 4.05. The smallest absolute Gasteiger partial charge is 0.252 e. The molecule has 1 amide bonds. The second-order valence-corrected chi connectivity index (χ2v) is 7.65. The summed E-state index contributed by atoms with van der Waals surface area (Å²) < 4.78 is 0.996. The molecule has 2 aromatic heterocycles. The molecule has 26 heavy (non-hydrogen) atoms. The van der Waals surface area contributed by atoms with Crippen LogP contribution in [0.5, 0.6) is 0 Å². The summed E-state index contributed by atoms with van der Waals surface area (Å²) >= 11 is 3.05. The van der Waals surface area contributed by atoms with E-state index in [4.69, 9.17) is 5.26 Å². The van der Waals surface area contributed by atoms with Gasteiger partial charge < -0.3 is 10.6 Å². The van der Waals surface area contributed by atoms with E-state index in [1.165, 1.54) is 23.1 Å². The number of nitriles is 1. The Kier molecular flexibility index (Phi) is 5.84. The number of rotatable bonds is 6. The van der Waals surface area contributed by atoms with Crippen molar-refractivity contribution in [2.45, 2.75) is 16.0 Å². The van der Waals surface area contributed by atoms with Crippen LogP contribution in [-0.4, -0.2) is 22.4 Å². The molecule has 0 aliphatic rings. The number of carbonyl (C=O) groups excluding carboxylic acids is 1. The Labute approximate surface area is 159 Å². The number of hydrogen-bond acceptors (Lipinski definition) is 7. The van der Waals surface area contributed by atoms with E-state index < -0.39 is 0 Å². The zero-order valence-electron chi connectivity index (χ0n) is 13.9. The van der Waals surface area contributed by atoms with Crippen molar-refractivity contribution in [3.63, 3.8) is 0 Å². The van der Waals surface area contributed by atoms with Crippen LogP contribution in [0.1, 0.15) is 15.9 Å². The Balaban J connectivity index is 1.71. The van der Waals surface area contributed by atoms with Crippen LogP contribution in [0.4, 0.5) is 10.9 Å². The van der Waals surface area contributed by atoms with Crippen molar-refractivity contribution in [1.29, 1.82) is 5.26 Å². The molecule has 2 heterocycles. The van der Waals surface area contributed by atoms with Gasteiger partial charge in [0, 0.05) is 16.7 Å². The Morgan fingerprint density at radius 1 is 1.31 bits per heavy atom. The highest BCUT2D eigenvalue weighted by molar-refractivity contribution is 8.01. The maximum absolute atomic E-state index is 12.1. The topological polar surface area (TPSA) is 90.7 Å². The first-order valence-electron chi connectivity index (χ1n) is 7.73. The van der Waals surface area contributed by atoms with E-state index in [1.54, 1.807) is 12.4 Å². The summed E-state index contributed by atoms with van der Waals surface area (Å²) in [5.41, 5.74) is 1.44. The van der Waals surface area contributed by atoms with E-state index >= 15 is 0 Å². The number of thiazole rings is 1. The van der Waals surface area contributed by atoms with Gasteiger partial charge in [0.2, 0.25) is 0 Å². The van der Waals surface area contributed by atoms with Crippen LogP contribution < -0.4 is 10.6 Å². The molecule has 0 saturated carbocycles. The molecule has 0 spiro atoms. The lowest BCUT2D eigenvalue weighted by atomic mass is 10.1. The first-order valence-corrected chi connectivity index (χ1v) is 9.36.